The van der Waals surface area contributed by atoms with E-state index in [0.29, 0.717) is 19.5 Å². The van der Waals surface area contributed by atoms with Gasteiger partial charge in [0.1, 0.15) is 0 Å². The first kappa shape index (κ1) is 13.3. The molecule has 0 aliphatic carbocycles. The zero-order chi connectivity index (χ0) is 13.1. The van der Waals surface area contributed by atoms with Gasteiger partial charge in [0.2, 0.25) is 11.8 Å². The van der Waals surface area contributed by atoms with E-state index in [1.54, 1.807) is 11.9 Å². The van der Waals surface area contributed by atoms with Crippen molar-refractivity contribution in [2.24, 2.45) is 11.7 Å². The summed E-state index contributed by atoms with van der Waals surface area (Å²) in [5.41, 5.74) is 5.74. The summed E-state index contributed by atoms with van der Waals surface area (Å²) < 4.78 is 0. The molecule has 2 unspecified atom stereocenters. The number of hydrogen-bond acceptors (Lipinski definition) is 3. The molecule has 0 bridgehead atoms. The van der Waals surface area contributed by atoms with Gasteiger partial charge in [-0.1, -0.05) is 0 Å². The highest BCUT2D eigenvalue weighted by Gasteiger charge is 2.34. The van der Waals surface area contributed by atoms with Crippen LogP contribution < -0.4 is 5.73 Å². The van der Waals surface area contributed by atoms with Crippen LogP contribution >= 0.6 is 0 Å². The van der Waals surface area contributed by atoms with Gasteiger partial charge in [0.25, 0.3) is 0 Å². The number of likely N-dealkylation sites (tertiary alicyclic amines) is 2. The van der Waals surface area contributed by atoms with Crippen LogP contribution in [0.1, 0.15) is 32.1 Å². The van der Waals surface area contributed by atoms with Gasteiger partial charge in [-0.05, 0) is 25.7 Å². The Hall–Kier alpha value is -1.10. The maximum Gasteiger partial charge on any atom is 0.226 e. The fourth-order valence-corrected chi connectivity index (χ4v) is 2.92. The summed E-state index contributed by atoms with van der Waals surface area (Å²) in [5, 5.41) is 0. The van der Waals surface area contributed by atoms with Crippen LogP contribution in [0, 0.1) is 5.92 Å². The molecule has 2 atom stereocenters. The lowest BCUT2D eigenvalue weighted by molar-refractivity contribution is -0.146. The Labute approximate surface area is 108 Å². The highest BCUT2D eigenvalue weighted by atomic mass is 16.2. The van der Waals surface area contributed by atoms with E-state index in [-0.39, 0.29) is 23.8 Å². The van der Waals surface area contributed by atoms with Crippen LogP contribution in [0.15, 0.2) is 0 Å². The second-order valence-electron chi connectivity index (χ2n) is 5.42. The average molecular weight is 253 g/mol. The van der Waals surface area contributed by atoms with Crippen molar-refractivity contribution in [1.29, 1.82) is 0 Å². The molecule has 5 heteroatoms. The van der Waals surface area contributed by atoms with Gasteiger partial charge in [-0.25, -0.2) is 0 Å². The summed E-state index contributed by atoms with van der Waals surface area (Å²) >= 11 is 0. The molecule has 102 valence electrons. The number of nitrogens with two attached hydrogens (primary N) is 1. The van der Waals surface area contributed by atoms with Gasteiger partial charge in [-0.15, -0.1) is 0 Å². The van der Waals surface area contributed by atoms with Crippen LogP contribution in [0.5, 0.6) is 0 Å². The molecule has 0 radical (unpaired) electrons. The smallest absolute Gasteiger partial charge is 0.226 e. The van der Waals surface area contributed by atoms with Crippen molar-refractivity contribution in [3.63, 3.8) is 0 Å². The minimum atomic E-state index is -0.124. The highest BCUT2D eigenvalue weighted by molar-refractivity contribution is 5.87. The highest BCUT2D eigenvalue weighted by Crippen LogP contribution is 2.24. The lowest BCUT2D eigenvalue weighted by atomic mass is 9.92. The lowest BCUT2D eigenvalue weighted by Crippen LogP contribution is -2.51. The number of carbonyl (C=O) groups excluding carboxylic acids is 2. The molecule has 0 spiro atoms. The topological polar surface area (TPSA) is 66.6 Å². The van der Waals surface area contributed by atoms with Crippen molar-refractivity contribution in [2.75, 3.05) is 26.7 Å². The van der Waals surface area contributed by atoms with Crippen molar-refractivity contribution >= 4 is 11.8 Å². The van der Waals surface area contributed by atoms with Gasteiger partial charge in [-0.3, -0.25) is 9.59 Å². The Morgan fingerprint density at radius 1 is 1.33 bits per heavy atom. The molecule has 2 saturated heterocycles. The Balaban J connectivity index is 1.99. The van der Waals surface area contributed by atoms with Crippen molar-refractivity contribution in [2.45, 2.75) is 38.1 Å². The predicted molar refractivity (Wildman–Crippen MR) is 68.8 cm³/mol. The van der Waals surface area contributed by atoms with Crippen LogP contribution in [0.2, 0.25) is 0 Å². The lowest BCUT2D eigenvalue weighted by Gasteiger charge is -2.38. The largest absolute Gasteiger partial charge is 0.346 e. The molecular formula is C13H23N3O2. The molecule has 0 saturated carbocycles. The second-order valence-corrected chi connectivity index (χ2v) is 5.42. The minimum Gasteiger partial charge on any atom is -0.346 e. The number of nitrogens with zero attached hydrogens (tertiary/aromatic N) is 2. The summed E-state index contributed by atoms with van der Waals surface area (Å²) in [5.74, 6) is 0.105. The van der Waals surface area contributed by atoms with E-state index in [9.17, 15) is 9.59 Å². The Morgan fingerprint density at radius 3 is 2.78 bits per heavy atom. The van der Waals surface area contributed by atoms with Gasteiger partial charge >= 0.3 is 0 Å². The Morgan fingerprint density at radius 2 is 2.11 bits per heavy atom. The molecule has 0 aromatic carbocycles. The van der Waals surface area contributed by atoms with Crippen molar-refractivity contribution in [3.05, 3.63) is 0 Å². The summed E-state index contributed by atoms with van der Waals surface area (Å²) in [4.78, 5) is 27.8. The van der Waals surface area contributed by atoms with Crippen molar-refractivity contribution < 1.29 is 9.59 Å². The number of amides is 2. The molecule has 5 nitrogen and oxygen atoms in total. The van der Waals surface area contributed by atoms with Gasteiger partial charge in [0.05, 0.1) is 0 Å². The first-order valence-corrected chi connectivity index (χ1v) is 6.88. The van der Waals surface area contributed by atoms with Crippen LogP contribution in [-0.2, 0) is 9.59 Å². The molecule has 2 aliphatic heterocycles. The standard InChI is InChI=1S/C13H23N3O2/c1-15-7-5-10(8-12(15)17)13(18)16-6-3-2-4-11(16)9-14/h10-11H,2-9,14H2,1H3. The second kappa shape index (κ2) is 5.69. The van der Waals surface area contributed by atoms with Crippen LogP contribution in [0.3, 0.4) is 0 Å². The molecule has 2 N–H and O–H groups in total. The quantitative estimate of drug-likeness (QED) is 0.764. The zero-order valence-electron chi connectivity index (χ0n) is 11.1. The van der Waals surface area contributed by atoms with Crippen LogP contribution in [0.4, 0.5) is 0 Å². The van der Waals surface area contributed by atoms with Crippen molar-refractivity contribution in [1.82, 2.24) is 9.80 Å². The Kier molecular flexibility index (Phi) is 4.22. The molecule has 0 aromatic rings. The molecule has 2 amide bonds. The van der Waals surface area contributed by atoms with E-state index in [1.165, 1.54) is 0 Å². The zero-order valence-corrected chi connectivity index (χ0v) is 11.1. The van der Waals surface area contributed by atoms with Crippen LogP contribution in [-0.4, -0.2) is 54.3 Å². The van der Waals surface area contributed by atoms with E-state index in [0.717, 1.165) is 32.2 Å². The fourth-order valence-electron chi connectivity index (χ4n) is 2.92. The van der Waals surface area contributed by atoms with E-state index < -0.39 is 0 Å². The monoisotopic (exact) mass is 253 g/mol. The number of piperidine rings is 2. The molecule has 2 heterocycles. The number of rotatable bonds is 2. The molecule has 2 rings (SSSR count). The van der Waals surface area contributed by atoms with Crippen LogP contribution in [0.25, 0.3) is 0 Å². The molecule has 2 aliphatic rings. The summed E-state index contributed by atoms with van der Waals surface area (Å²) in [6, 6.07) is 0.181. The number of hydrogen-bond donors (Lipinski definition) is 1. The predicted octanol–water partition coefficient (Wildman–Crippen LogP) is 0.195. The maximum absolute atomic E-state index is 12.5. The SMILES string of the molecule is CN1CCC(C(=O)N2CCCCC2CN)CC1=O. The summed E-state index contributed by atoms with van der Waals surface area (Å²) in [6.07, 6.45) is 4.36. The minimum absolute atomic E-state index is 0.0842. The normalized spacial score (nSPS) is 29.6. The van der Waals surface area contributed by atoms with E-state index in [1.807, 2.05) is 4.90 Å². The van der Waals surface area contributed by atoms with Gasteiger partial charge in [0, 0.05) is 45.1 Å². The first-order chi connectivity index (χ1) is 8.63. The molecular weight excluding hydrogens is 230 g/mol. The molecule has 0 aromatic heterocycles. The first-order valence-electron chi connectivity index (χ1n) is 6.88. The third kappa shape index (κ3) is 2.66. The van der Waals surface area contributed by atoms with E-state index >= 15 is 0 Å². The molecule has 2 fully saturated rings. The average Bonchev–Trinajstić information content (AvgIpc) is 2.41. The Bertz CT molecular complexity index is 332. The summed E-state index contributed by atoms with van der Waals surface area (Å²) in [7, 11) is 1.80. The summed E-state index contributed by atoms with van der Waals surface area (Å²) in [6.45, 7) is 2.03. The molecule has 18 heavy (non-hydrogen) atoms. The third-order valence-corrected chi connectivity index (χ3v) is 4.19. The van der Waals surface area contributed by atoms with Gasteiger partial charge < -0.3 is 15.5 Å². The van der Waals surface area contributed by atoms with Crippen molar-refractivity contribution in [3.8, 4) is 0 Å². The number of carbonyl (C=O) groups is 2. The fraction of sp³-hybridized carbons (Fsp3) is 0.846. The van der Waals surface area contributed by atoms with E-state index in [2.05, 4.69) is 0 Å². The third-order valence-electron chi connectivity index (χ3n) is 4.19. The van der Waals surface area contributed by atoms with Gasteiger partial charge in [-0.2, -0.15) is 0 Å². The van der Waals surface area contributed by atoms with E-state index in [4.69, 9.17) is 5.73 Å². The van der Waals surface area contributed by atoms with Gasteiger partial charge in [0.15, 0.2) is 0 Å². The maximum atomic E-state index is 12.5.